The first kappa shape index (κ1) is 31.3. The third-order valence-corrected chi connectivity index (χ3v) is 7.05. The van der Waals surface area contributed by atoms with Crippen molar-refractivity contribution in [2.45, 2.75) is 0 Å². The van der Waals surface area contributed by atoms with Gasteiger partial charge in [0, 0.05) is 31.6 Å². The molecule has 0 spiro atoms. The maximum atomic E-state index is 5.06. The van der Waals surface area contributed by atoms with Gasteiger partial charge in [-0.25, -0.2) is 4.90 Å². The van der Waals surface area contributed by atoms with Gasteiger partial charge in [-0.3, -0.25) is 0 Å². The summed E-state index contributed by atoms with van der Waals surface area (Å²) in [4.78, 5) is 1.14. The second-order valence-electron chi connectivity index (χ2n) is 6.21. The standard InChI is InChI=1S/C18H9Br6N.6ClH.Sb/c19-10-1-4-16(13(22)7-10)25(17-5-2-11(20)8-14(17)23)18-6-3-12(21)9-15(18)24;;;;;;;/h1-9H;6*1H;/q;;;;;;;+5/p-5. The molecule has 1 nitrogen and oxygen atoms in total. The second kappa shape index (κ2) is 11.4. The van der Waals surface area contributed by atoms with E-state index < -0.39 is 9.14 Å². The van der Waals surface area contributed by atoms with Gasteiger partial charge in [0.2, 0.25) is 0 Å². The molecule has 32 heavy (non-hydrogen) atoms. The average Bonchev–Trinajstić information content (AvgIpc) is 2.57. The van der Waals surface area contributed by atoms with Crippen molar-refractivity contribution in [2.24, 2.45) is 0 Å². The van der Waals surface area contributed by atoms with Crippen LogP contribution >= 0.6 is 149 Å². The van der Waals surface area contributed by atoms with Crippen molar-refractivity contribution in [3.63, 3.8) is 0 Å². The number of nitrogens with one attached hydrogen (secondary N) is 1. The van der Waals surface area contributed by atoms with Gasteiger partial charge in [0.15, 0.2) is 17.1 Å². The zero-order valence-electron chi connectivity index (χ0n) is 15.2. The second-order valence-corrected chi connectivity index (χ2v) is 68.4. The summed E-state index contributed by atoms with van der Waals surface area (Å²) in [5.41, 5.74) is 3.36. The van der Waals surface area contributed by atoms with Crippen molar-refractivity contribution in [2.75, 3.05) is 0 Å². The summed E-state index contributed by atoms with van der Waals surface area (Å²) in [7, 11) is 25.0. The third kappa shape index (κ3) is 11.6. The molecule has 3 aromatic rings. The van der Waals surface area contributed by atoms with Crippen LogP contribution in [-0.4, -0.2) is 9.14 Å². The van der Waals surface area contributed by atoms with Gasteiger partial charge in [0.05, 0.1) is 13.4 Å². The monoisotopic (exact) mass is 1040 g/mol. The SMILES string of the molecule is Brc1ccc([NH+](c2ccc(Br)cc2Br)c2ccc(Br)cc2Br)c(Br)c1.[Cl][Sb-]([Cl])([Cl])([Cl])([Cl])[Cl]. The molecule has 0 aromatic heterocycles. The first-order valence-corrected chi connectivity index (χ1v) is 32.3. The molecule has 0 aliphatic rings. The molecule has 14 heteroatoms. The molecule has 0 saturated carbocycles. The number of hydrogen-bond acceptors (Lipinski definition) is 0. The Morgan fingerprint density at radius 2 is 0.688 bits per heavy atom. The molecule has 3 aromatic carbocycles. The number of rotatable bonds is 3. The Morgan fingerprint density at radius 3 is 0.875 bits per heavy atom. The summed E-state index contributed by atoms with van der Waals surface area (Å²) < 4.78 is 6.19. The van der Waals surface area contributed by atoms with E-state index in [2.05, 4.69) is 150 Å². The molecule has 3 rings (SSSR count). The van der Waals surface area contributed by atoms with E-state index >= 15 is 0 Å². The molecule has 0 aliphatic heterocycles. The molecule has 0 atom stereocenters. The van der Waals surface area contributed by atoms with E-state index in [-0.39, 0.29) is 0 Å². The Bertz CT molecular complexity index is 1020. The molecule has 1 N–H and O–H groups in total. The summed E-state index contributed by atoms with van der Waals surface area (Å²) in [6.07, 6.45) is 0. The molecular formula is C18H10Br6Cl6NSb. The Labute approximate surface area is 256 Å². The predicted molar refractivity (Wildman–Crippen MR) is 166 cm³/mol. The molecular weight excluding hydrogens is 1040 g/mol. The predicted octanol–water partition coefficient (Wildman–Crippen LogP) is 12.2. The molecule has 0 fully saturated rings. The van der Waals surface area contributed by atoms with Gasteiger partial charge in [-0.1, -0.05) is 47.8 Å². The van der Waals surface area contributed by atoms with Crippen LogP contribution in [0.2, 0.25) is 0 Å². The summed E-state index contributed by atoms with van der Waals surface area (Å²) in [5, 5.41) is 0. The van der Waals surface area contributed by atoms with Gasteiger partial charge in [-0.15, -0.1) is 0 Å². The van der Waals surface area contributed by atoms with Crippen LogP contribution in [0.3, 0.4) is 0 Å². The van der Waals surface area contributed by atoms with Gasteiger partial charge in [0.1, 0.15) is 0 Å². The topological polar surface area (TPSA) is 4.44 Å². The molecule has 0 amide bonds. The van der Waals surface area contributed by atoms with Crippen LogP contribution in [0.25, 0.3) is 0 Å². The van der Waals surface area contributed by atoms with Crippen molar-refractivity contribution in [3.05, 3.63) is 81.4 Å². The molecule has 0 bridgehead atoms. The van der Waals surface area contributed by atoms with Crippen LogP contribution in [0.15, 0.2) is 81.4 Å². The third-order valence-electron chi connectivity index (χ3n) is 3.60. The zero-order valence-corrected chi connectivity index (χ0v) is 31.8. The number of quaternary nitrogens is 1. The van der Waals surface area contributed by atoms with E-state index in [1.807, 2.05) is 0 Å². The normalized spacial score (nSPS) is 13.8. The van der Waals surface area contributed by atoms with Crippen LogP contribution < -0.4 is 4.90 Å². The summed E-state index contributed by atoms with van der Waals surface area (Å²) in [6, 6.07) is 18.7. The minimum absolute atomic E-state index is 1.03. The summed E-state index contributed by atoms with van der Waals surface area (Å²) >= 11 is 21.8. The number of halogens is 12. The van der Waals surface area contributed by atoms with Crippen LogP contribution in [0.5, 0.6) is 0 Å². The quantitative estimate of drug-likeness (QED) is 0.249. The van der Waals surface area contributed by atoms with Crippen LogP contribution in [0.4, 0.5) is 17.1 Å². The van der Waals surface area contributed by atoms with Crippen molar-refractivity contribution in [1.82, 2.24) is 0 Å². The van der Waals surface area contributed by atoms with Gasteiger partial charge in [-0.2, -0.15) is 0 Å². The fraction of sp³-hybridized carbons (Fsp3) is 0. The Hall–Kier alpha value is 3.06. The van der Waals surface area contributed by atoms with Crippen molar-refractivity contribution >= 4 is 175 Å². The van der Waals surface area contributed by atoms with Crippen molar-refractivity contribution in [3.8, 4) is 0 Å². The van der Waals surface area contributed by atoms with Gasteiger partial charge >= 0.3 is 62.1 Å². The van der Waals surface area contributed by atoms with Crippen molar-refractivity contribution < 1.29 is 4.90 Å². The fourth-order valence-corrected chi connectivity index (χ4v) is 6.25. The molecule has 0 aliphatic carbocycles. The fourth-order valence-electron chi connectivity index (χ4n) is 2.51. The van der Waals surface area contributed by atoms with E-state index in [1.165, 1.54) is 0 Å². The zero-order chi connectivity index (χ0) is 24.5. The molecule has 0 unspecified atom stereocenters. The first-order valence-electron chi connectivity index (χ1n) is 8.11. The Morgan fingerprint density at radius 1 is 0.469 bits per heavy atom. The van der Waals surface area contributed by atoms with Crippen LogP contribution in [0.1, 0.15) is 0 Å². The van der Waals surface area contributed by atoms with Crippen LogP contribution in [-0.2, 0) is 0 Å². The summed E-state index contributed by atoms with van der Waals surface area (Å²) in [6.45, 7) is 0. The van der Waals surface area contributed by atoms with E-state index in [1.54, 1.807) is 0 Å². The van der Waals surface area contributed by atoms with Crippen LogP contribution in [0, 0.1) is 0 Å². The Balaban J connectivity index is 0.000000451. The molecule has 176 valence electrons. The van der Waals surface area contributed by atoms with Crippen molar-refractivity contribution in [1.29, 1.82) is 0 Å². The van der Waals surface area contributed by atoms with E-state index in [9.17, 15) is 0 Å². The van der Waals surface area contributed by atoms with Gasteiger partial charge in [0.25, 0.3) is 0 Å². The molecule has 0 saturated heterocycles. The average molecular weight is 1050 g/mol. The Kier molecular flexibility index (Phi) is 11.2. The van der Waals surface area contributed by atoms with Gasteiger partial charge < -0.3 is 0 Å². The van der Waals surface area contributed by atoms with Gasteiger partial charge in [-0.05, 0) is 84.2 Å². The minimum atomic E-state index is -5.42. The van der Waals surface area contributed by atoms with E-state index in [4.69, 9.17) is 53.0 Å². The van der Waals surface area contributed by atoms with E-state index in [0.717, 1.165) is 48.8 Å². The number of benzene rings is 3. The first-order chi connectivity index (χ1) is 14.3. The van der Waals surface area contributed by atoms with E-state index in [0.29, 0.717) is 0 Å². The molecule has 0 heterocycles. The maximum absolute atomic E-state index is 5.42. The summed E-state index contributed by atoms with van der Waals surface area (Å²) in [5.74, 6) is 0. The molecule has 0 radical (unpaired) electrons. The number of hydrogen-bond donors (Lipinski definition) is 1.